The summed E-state index contributed by atoms with van der Waals surface area (Å²) in [6, 6.07) is 3.92. The fourth-order valence-electron chi connectivity index (χ4n) is 0.986. The lowest BCUT2D eigenvalue weighted by Gasteiger charge is -1.88. The molecule has 0 unspecified atom stereocenters. The van der Waals surface area contributed by atoms with Crippen LogP contribution in [0.2, 0.25) is 0 Å². The number of hydrogen-bond acceptors (Lipinski definition) is 3. The van der Waals surface area contributed by atoms with Crippen molar-refractivity contribution in [1.29, 1.82) is 0 Å². The van der Waals surface area contributed by atoms with E-state index in [1.165, 1.54) is 0 Å². The van der Waals surface area contributed by atoms with Crippen LogP contribution in [-0.2, 0) is 0 Å². The fraction of sp³-hybridized carbons (Fsp3) is 0. The summed E-state index contributed by atoms with van der Waals surface area (Å²) in [5, 5.41) is 0.987. The van der Waals surface area contributed by atoms with Crippen LogP contribution in [0.3, 0.4) is 0 Å². The molecule has 0 aromatic carbocycles. The molecular weight excluding hydrogens is 260 g/mol. The number of hydrogen-bond donors (Lipinski definition) is 0. The summed E-state index contributed by atoms with van der Waals surface area (Å²) >= 11 is 4.97. The van der Waals surface area contributed by atoms with E-state index in [-0.39, 0.29) is 0 Å². The average molecular weight is 267 g/mol. The van der Waals surface area contributed by atoms with Gasteiger partial charge in [0.25, 0.3) is 0 Å². The van der Waals surface area contributed by atoms with E-state index in [2.05, 4.69) is 25.9 Å². The minimum Gasteiger partial charge on any atom is -0.264 e. The van der Waals surface area contributed by atoms with E-state index in [1.807, 2.05) is 30.5 Å². The Labute approximate surface area is 94.5 Å². The van der Waals surface area contributed by atoms with Crippen LogP contribution in [0.15, 0.2) is 34.5 Å². The molecule has 2 nitrogen and oxygen atoms in total. The van der Waals surface area contributed by atoms with E-state index < -0.39 is 0 Å². The first-order valence-corrected chi connectivity index (χ1v) is 5.65. The van der Waals surface area contributed by atoms with Crippen LogP contribution >= 0.6 is 27.3 Å². The second-order valence-corrected chi connectivity index (χ2v) is 5.06. The maximum atomic E-state index is 4.20. The average Bonchev–Trinajstić information content (AvgIpc) is 2.63. The van der Waals surface area contributed by atoms with E-state index in [0.29, 0.717) is 0 Å². The minimum atomic E-state index is 0.987. The first kappa shape index (κ1) is 9.55. The van der Waals surface area contributed by atoms with Crippen LogP contribution in [0.4, 0.5) is 0 Å². The van der Waals surface area contributed by atoms with Crippen LogP contribution in [0.1, 0.15) is 10.6 Å². The molecule has 0 aliphatic rings. The lowest BCUT2D eigenvalue weighted by atomic mass is 10.3. The van der Waals surface area contributed by atoms with Gasteiger partial charge in [0, 0.05) is 12.4 Å². The summed E-state index contributed by atoms with van der Waals surface area (Å²) in [4.78, 5) is 8.22. The Morgan fingerprint density at radius 3 is 2.86 bits per heavy atom. The maximum Gasteiger partial charge on any atom is 0.117 e. The largest absolute Gasteiger partial charge is 0.264 e. The van der Waals surface area contributed by atoms with E-state index in [0.717, 1.165) is 14.4 Å². The summed E-state index contributed by atoms with van der Waals surface area (Å²) < 4.78 is 1.04. The van der Waals surface area contributed by atoms with Crippen LogP contribution in [0.25, 0.3) is 12.2 Å². The smallest absolute Gasteiger partial charge is 0.117 e. The van der Waals surface area contributed by atoms with Crippen molar-refractivity contribution in [1.82, 2.24) is 9.97 Å². The molecule has 70 valence electrons. The molecule has 0 amide bonds. The summed E-state index contributed by atoms with van der Waals surface area (Å²) in [7, 11) is 0. The third-order valence-electron chi connectivity index (χ3n) is 1.60. The van der Waals surface area contributed by atoms with Gasteiger partial charge in [-0.15, -0.1) is 11.3 Å². The lowest BCUT2D eigenvalue weighted by molar-refractivity contribution is 1.32. The Morgan fingerprint density at radius 2 is 2.21 bits per heavy atom. The number of thiazole rings is 1. The third-order valence-corrected chi connectivity index (χ3v) is 3.04. The summed E-state index contributed by atoms with van der Waals surface area (Å²) in [6.45, 7) is 0. The number of aromatic nitrogens is 2. The van der Waals surface area contributed by atoms with Gasteiger partial charge in [-0.1, -0.05) is 12.1 Å². The maximum absolute atomic E-state index is 4.20. The third kappa shape index (κ3) is 2.49. The Morgan fingerprint density at radius 1 is 1.29 bits per heavy atom. The van der Waals surface area contributed by atoms with Crippen molar-refractivity contribution in [3.05, 3.63) is 45.1 Å². The Bertz CT molecular complexity index is 436. The van der Waals surface area contributed by atoms with Gasteiger partial charge in [0.15, 0.2) is 0 Å². The van der Waals surface area contributed by atoms with Gasteiger partial charge in [-0.05, 0) is 33.6 Å². The van der Waals surface area contributed by atoms with Crippen molar-refractivity contribution >= 4 is 39.4 Å². The minimum absolute atomic E-state index is 0.987. The standard InChI is InChI=1S/C10H7BrN2S/c11-9-7-13-10(14-9)4-3-8-2-1-5-12-6-8/h1-7H. The predicted molar refractivity (Wildman–Crippen MR) is 63.0 cm³/mol. The van der Waals surface area contributed by atoms with Gasteiger partial charge in [0.05, 0.1) is 9.98 Å². The van der Waals surface area contributed by atoms with Gasteiger partial charge in [-0.2, -0.15) is 0 Å². The Hall–Kier alpha value is -1.00. The van der Waals surface area contributed by atoms with Crippen molar-refractivity contribution in [3.8, 4) is 0 Å². The van der Waals surface area contributed by atoms with Gasteiger partial charge in [-0.25, -0.2) is 4.98 Å². The Kier molecular flexibility index (Phi) is 3.06. The van der Waals surface area contributed by atoms with Gasteiger partial charge in [-0.3, -0.25) is 4.98 Å². The molecule has 0 atom stereocenters. The second kappa shape index (κ2) is 4.48. The zero-order valence-electron chi connectivity index (χ0n) is 7.22. The van der Waals surface area contributed by atoms with Crippen molar-refractivity contribution < 1.29 is 0 Å². The summed E-state index contributed by atoms with van der Waals surface area (Å²) in [5.74, 6) is 0. The van der Waals surface area contributed by atoms with Crippen molar-refractivity contribution in [2.24, 2.45) is 0 Å². The SMILES string of the molecule is Brc1cnc(C=Cc2cccnc2)s1. The van der Waals surface area contributed by atoms with Crippen LogP contribution in [-0.4, -0.2) is 9.97 Å². The van der Waals surface area contributed by atoms with Crippen LogP contribution in [0.5, 0.6) is 0 Å². The molecule has 2 heterocycles. The van der Waals surface area contributed by atoms with E-state index in [4.69, 9.17) is 0 Å². The molecule has 0 N–H and O–H groups in total. The molecule has 0 spiro atoms. The Balaban J connectivity index is 2.15. The van der Waals surface area contributed by atoms with Gasteiger partial charge in [0.1, 0.15) is 5.01 Å². The highest BCUT2D eigenvalue weighted by atomic mass is 79.9. The molecule has 4 heteroatoms. The molecule has 14 heavy (non-hydrogen) atoms. The molecule has 0 aliphatic carbocycles. The van der Waals surface area contributed by atoms with Gasteiger partial charge >= 0.3 is 0 Å². The zero-order valence-corrected chi connectivity index (χ0v) is 9.62. The summed E-state index contributed by atoms with van der Waals surface area (Å²) in [5.41, 5.74) is 1.08. The molecule has 0 aliphatic heterocycles. The molecule has 0 saturated heterocycles. The van der Waals surface area contributed by atoms with Gasteiger partial charge < -0.3 is 0 Å². The monoisotopic (exact) mass is 266 g/mol. The van der Waals surface area contributed by atoms with Crippen LogP contribution < -0.4 is 0 Å². The molecule has 2 rings (SSSR count). The van der Waals surface area contributed by atoms with Crippen molar-refractivity contribution in [3.63, 3.8) is 0 Å². The molecule has 2 aromatic heterocycles. The van der Waals surface area contributed by atoms with Crippen LogP contribution in [0, 0.1) is 0 Å². The first-order valence-electron chi connectivity index (χ1n) is 4.04. The molecular formula is C10H7BrN2S. The number of nitrogens with zero attached hydrogens (tertiary/aromatic N) is 2. The van der Waals surface area contributed by atoms with E-state index in [9.17, 15) is 0 Å². The molecule has 0 radical (unpaired) electrons. The topological polar surface area (TPSA) is 25.8 Å². The number of halogens is 1. The highest BCUT2D eigenvalue weighted by Crippen LogP contribution is 2.20. The van der Waals surface area contributed by atoms with Crippen molar-refractivity contribution in [2.45, 2.75) is 0 Å². The predicted octanol–water partition coefficient (Wildman–Crippen LogP) is 3.47. The lowest BCUT2D eigenvalue weighted by Crippen LogP contribution is -1.73. The quantitative estimate of drug-likeness (QED) is 0.832. The zero-order chi connectivity index (χ0) is 9.80. The van der Waals surface area contributed by atoms with Crippen molar-refractivity contribution in [2.75, 3.05) is 0 Å². The number of rotatable bonds is 2. The highest BCUT2D eigenvalue weighted by Gasteiger charge is 1.93. The second-order valence-electron chi connectivity index (χ2n) is 2.62. The summed E-state index contributed by atoms with van der Waals surface area (Å²) in [6.07, 6.45) is 9.36. The fourth-order valence-corrected chi connectivity index (χ4v) is 2.13. The highest BCUT2D eigenvalue weighted by molar-refractivity contribution is 9.11. The first-order chi connectivity index (χ1) is 6.84. The molecule has 0 bridgehead atoms. The van der Waals surface area contributed by atoms with E-state index in [1.54, 1.807) is 23.7 Å². The van der Waals surface area contributed by atoms with E-state index >= 15 is 0 Å². The number of pyridine rings is 1. The normalized spacial score (nSPS) is 10.9. The van der Waals surface area contributed by atoms with Gasteiger partial charge in [0.2, 0.25) is 0 Å². The molecule has 2 aromatic rings. The molecule has 0 saturated carbocycles. The molecule has 0 fully saturated rings.